The Labute approximate surface area is 111 Å². The quantitative estimate of drug-likeness (QED) is 0.843. The maximum atomic E-state index is 5.50. The van der Waals surface area contributed by atoms with E-state index < -0.39 is 0 Å². The number of aromatic amines is 1. The number of likely N-dealkylation sites (tertiary alicyclic amines) is 1. The van der Waals surface area contributed by atoms with Crippen LogP contribution in [0.1, 0.15) is 25.1 Å². The molecule has 0 bridgehead atoms. The second kappa shape index (κ2) is 4.20. The molecule has 0 amide bonds. The van der Waals surface area contributed by atoms with Crippen molar-refractivity contribution in [2.24, 2.45) is 7.05 Å². The number of fused-ring (bicyclic) bond motifs is 1. The van der Waals surface area contributed by atoms with E-state index in [2.05, 4.69) is 33.5 Å². The van der Waals surface area contributed by atoms with Crippen molar-refractivity contribution in [2.75, 3.05) is 20.1 Å². The molecule has 1 aliphatic heterocycles. The van der Waals surface area contributed by atoms with Crippen LogP contribution < -0.4 is 0 Å². The molecule has 1 atom stereocenters. The average molecular weight is 265 g/mol. The Hall–Kier alpha value is -1.14. The summed E-state index contributed by atoms with van der Waals surface area (Å²) in [6.07, 6.45) is 2.08. The van der Waals surface area contributed by atoms with E-state index >= 15 is 0 Å². The first-order chi connectivity index (χ1) is 8.61. The molecule has 0 aliphatic carbocycles. The molecule has 98 valence electrons. The summed E-state index contributed by atoms with van der Waals surface area (Å²) in [4.78, 5) is 5.68. The van der Waals surface area contributed by atoms with Crippen LogP contribution in [0.15, 0.2) is 0 Å². The van der Waals surface area contributed by atoms with Gasteiger partial charge in [0.2, 0.25) is 0 Å². The molecule has 6 heteroatoms. The van der Waals surface area contributed by atoms with Gasteiger partial charge in [0.25, 0.3) is 0 Å². The molecule has 0 radical (unpaired) electrons. The first-order valence-corrected chi connectivity index (χ1v) is 6.87. The van der Waals surface area contributed by atoms with Gasteiger partial charge in [0, 0.05) is 13.6 Å². The van der Waals surface area contributed by atoms with Crippen molar-refractivity contribution in [3.63, 3.8) is 0 Å². The number of rotatable bonds is 2. The summed E-state index contributed by atoms with van der Waals surface area (Å²) < 4.78 is 5.03. The topological polar surface area (TPSA) is 41.8 Å². The standard InChI is InChI=1S/C12H19N5S/c1-4-9-10-11(16(3)14-9)17(12(18)13-10)8-5-6-15(2)7-8/h8H,4-7H2,1-3H3,(H,13,18). The van der Waals surface area contributed by atoms with Crippen LogP contribution in [0.25, 0.3) is 11.2 Å². The first-order valence-electron chi connectivity index (χ1n) is 6.46. The monoisotopic (exact) mass is 265 g/mol. The highest BCUT2D eigenvalue weighted by Gasteiger charge is 2.25. The molecule has 1 N–H and O–H groups in total. The van der Waals surface area contributed by atoms with Crippen molar-refractivity contribution in [3.8, 4) is 0 Å². The van der Waals surface area contributed by atoms with Crippen molar-refractivity contribution >= 4 is 23.4 Å². The fourth-order valence-electron chi connectivity index (χ4n) is 2.95. The molecule has 1 aliphatic rings. The van der Waals surface area contributed by atoms with Crippen LogP contribution in [-0.4, -0.2) is 44.4 Å². The van der Waals surface area contributed by atoms with Gasteiger partial charge in [-0.2, -0.15) is 5.10 Å². The van der Waals surface area contributed by atoms with E-state index in [1.165, 1.54) is 0 Å². The second-order valence-corrected chi connectivity index (χ2v) is 5.51. The van der Waals surface area contributed by atoms with Gasteiger partial charge in [-0.05, 0) is 38.7 Å². The Morgan fingerprint density at radius 1 is 1.44 bits per heavy atom. The summed E-state index contributed by atoms with van der Waals surface area (Å²) in [6, 6.07) is 0.469. The van der Waals surface area contributed by atoms with Crippen molar-refractivity contribution in [1.29, 1.82) is 0 Å². The Kier molecular flexibility index (Phi) is 2.79. The predicted molar refractivity (Wildman–Crippen MR) is 74.4 cm³/mol. The fraction of sp³-hybridized carbons (Fsp3) is 0.667. The zero-order chi connectivity index (χ0) is 12.9. The number of nitrogens with zero attached hydrogens (tertiary/aromatic N) is 4. The average Bonchev–Trinajstić information content (AvgIpc) is 2.96. The number of aryl methyl sites for hydroxylation is 2. The van der Waals surface area contributed by atoms with Crippen LogP contribution >= 0.6 is 12.2 Å². The largest absolute Gasteiger partial charge is 0.328 e. The third-order valence-electron chi connectivity index (χ3n) is 3.83. The highest BCUT2D eigenvalue weighted by molar-refractivity contribution is 7.71. The molecule has 18 heavy (non-hydrogen) atoms. The van der Waals surface area contributed by atoms with Gasteiger partial charge in [-0.1, -0.05) is 6.92 Å². The SMILES string of the molecule is CCc1nn(C)c2c1[nH]c(=S)n2C1CCN(C)C1. The van der Waals surface area contributed by atoms with Crippen molar-refractivity contribution < 1.29 is 0 Å². The van der Waals surface area contributed by atoms with E-state index in [9.17, 15) is 0 Å². The van der Waals surface area contributed by atoms with Gasteiger partial charge in [0.1, 0.15) is 5.52 Å². The van der Waals surface area contributed by atoms with Gasteiger partial charge >= 0.3 is 0 Å². The number of nitrogens with one attached hydrogen (secondary N) is 1. The van der Waals surface area contributed by atoms with Crippen molar-refractivity contribution in [2.45, 2.75) is 25.8 Å². The molecule has 3 rings (SSSR count). The van der Waals surface area contributed by atoms with E-state index in [4.69, 9.17) is 12.2 Å². The smallest absolute Gasteiger partial charge is 0.179 e. The third kappa shape index (κ3) is 1.63. The number of hydrogen-bond acceptors (Lipinski definition) is 3. The van der Waals surface area contributed by atoms with Gasteiger partial charge in [-0.15, -0.1) is 0 Å². The minimum absolute atomic E-state index is 0.469. The molecular formula is C12H19N5S. The number of likely N-dealkylation sites (N-methyl/N-ethyl adjacent to an activating group) is 1. The molecule has 0 spiro atoms. The summed E-state index contributed by atoms with van der Waals surface area (Å²) in [6.45, 7) is 4.32. The van der Waals surface area contributed by atoms with Gasteiger partial charge < -0.3 is 9.88 Å². The normalized spacial score (nSPS) is 21.2. The van der Waals surface area contributed by atoms with Gasteiger partial charge in [-0.3, -0.25) is 9.25 Å². The molecule has 5 nitrogen and oxygen atoms in total. The van der Waals surface area contributed by atoms with E-state index in [1.807, 2.05) is 11.7 Å². The zero-order valence-electron chi connectivity index (χ0n) is 11.1. The maximum Gasteiger partial charge on any atom is 0.179 e. The lowest BCUT2D eigenvalue weighted by Gasteiger charge is -2.13. The Morgan fingerprint density at radius 2 is 2.22 bits per heavy atom. The number of aromatic nitrogens is 4. The van der Waals surface area contributed by atoms with E-state index in [1.54, 1.807) is 0 Å². The first kappa shape index (κ1) is 11.9. The Morgan fingerprint density at radius 3 is 2.83 bits per heavy atom. The van der Waals surface area contributed by atoms with Crippen LogP contribution in [0, 0.1) is 4.77 Å². The maximum absolute atomic E-state index is 5.50. The van der Waals surface area contributed by atoms with Crippen LogP contribution in [-0.2, 0) is 13.5 Å². The zero-order valence-corrected chi connectivity index (χ0v) is 11.9. The highest BCUT2D eigenvalue weighted by atomic mass is 32.1. The van der Waals surface area contributed by atoms with Gasteiger partial charge in [-0.25, -0.2) is 0 Å². The lowest BCUT2D eigenvalue weighted by Crippen LogP contribution is -2.17. The Balaban J connectivity index is 2.19. The van der Waals surface area contributed by atoms with Crippen LogP contribution in [0.5, 0.6) is 0 Å². The molecular weight excluding hydrogens is 246 g/mol. The lowest BCUT2D eigenvalue weighted by molar-refractivity contribution is 0.392. The van der Waals surface area contributed by atoms with E-state index in [-0.39, 0.29) is 0 Å². The number of H-pyrrole nitrogens is 1. The molecule has 0 aromatic carbocycles. The van der Waals surface area contributed by atoms with Crippen molar-refractivity contribution in [1.82, 2.24) is 24.2 Å². The Bertz CT molecular complexity index is 635. The highest BCUT2D eigenvalue weighted by Crippen LogP contribution is 2.27. The molecule has 1 unspecified atom stereocenters. The third-order valence-corrected chi connectivity index (χ3v) is 4.13. The minimum atomic E-state index is 0.469. The molecule has 1 fully saturated rings. The molecule has 2 aromatic rings. The summed E-state index contributed by atoms with van der Waals surface area (Å²) >= 11 is 5.50. The van der Waals surface area contributed by atoms with E-state index in [0.29, 0.717) is 6.04 Å². The second-order valence-electron chi connectivity index (χ2n) is 5.13. The fourth-order valence-corrected chi connectivity index (χ4v) is 3.28. The molecule has 2 aromatic heterocycles. The minimum Gasteiger partial charge on any atom is -0.328 e. The van der Waals surface area contributed by atoms with Crippen LogP contribution in [0.4, 0.5) is 0 Å². The lowest BCUT2D eigenvalue weighted by atomic mass is 10.2. The number of imidazole rings is 1. The number of hydrogen-bond donors (Lipinski definition) is 1. The summed E-state index contributed by atoms with van der Waals surface area (Å²) in [5.74, 6) is 0. The molecule has 1 saturated heterocycles. The summed E-state index contributed by atoms with van der Waals surface area (Å²) in [5.41, 5.74) is 3.35. The molecule has 0 saturated carbocycles. The predicted octanol–water partition coefficient (Wildman–Crippen LogP) is 1.87. The summed E-state index contributed by atoms with van der Waals surface area (Å²) in [5, 5.41) is 4.57. The molecule has 3 heterocycles. The van der Waals surface area contributed by atoms with E-state index in [0.717, 1.165) is 47.6 Å². The van der Waals surface area contributed by atoms with Crippen LogP contribution in [0.3, 0.4) is 0 Å². The van der Waals surface area contributed by atoms with Gasteiger partial charge in [0.05, 0.1) is 11.7 Å². The van der Waals surface area contributed by atoms with Crippen molar-refractivity contribution in [3.05, 3.63) is 10.5 Å². The van der Waals surface area contributed by atoms with Crippen LogP contribution in [0.2, 0.25) is 0 Å². The van der Waals surface area contributed by atoms with Gasteiger partial charge in [0.15, 0.2) is 10.4 Å². The summed E-state index contributed by atoms with van der Waals surface area (Å²) in [7, 11) is 4.16.